The number of aryl methyl sites for hydroxylation is 3. The second kappa shape index (κ2) is 25.7. The number of hydrogen-bond donors (Lipinski definition) is 3. The highest BCUT2D eigenvalue weighted by molar-refractivity contribution is 7.08. The van der Waals surface area contributed by atoms with Gasteiger partial charge >= 0.3 is 6.36 Å². The number of thiophene rings is 1. The highest BCUT2D eigenvalue weighted by atomic mass is 32.1. The molecule has 3 N–H and O–H groups in total. The van der Waals surface area contributed by atoms with Crippen LogP contribution < -0.4 is 25.4 Å². The Morgan fingerprint density at radius 1 is 0.476 bits per heavy atom. The fraction of sp³-hybridized carbons (Fsp3) is 0.119. The molecular formula is C67H57F3N8O5S. The van der Waals surface area contributed by atoms with Crippen LogP contribution in [0.5, 0.6) is 11.5 Å². The van der Waals surface area contributed by atoms with Crippen LogP contribution in [0, 0.1) is 20.8 Å². The van der Waals surface area contributed by atoms with Gasteiger partial charge in [0.1, 0.15) is 11.5 Å². The largest absolute Gasteiger partial charge is 0.573 e. The van der Waals surface area contributed by atoms with Crippen LogP contribution in [0.25, 0.3) is 32.7 Å². The average molecular weight is 1140 g/mol. The van der Waals surface area contributed by atoms with Gasteiger partial charge in [0, 0.05) is 71.3 Å². The number of carbonyl (C=O) groups is 3. The number of hydrogen-bond acceptors (Lipinski definition) is 8. The second-order valence-corrected chi connectivity index (χ2v) is 20.6. The number of nitrogens with zero attached hydrogens (tertiary/aromatic N) is 5. The lowest BCUT2D eigenvalue weighted by molar-refractivity contribution is -0.274. The van der Waals surface area contributed by atoms with Gasteiger partial charge in [-0.25, -0.2) is 0 Å². The van der Waals surface area contributed by atoms with E-state index < -0.39 is 18.0 Å². The van der Waals surface area contributed by atoms with Gasteiger partial charge in [-0.3, -0.25) is 14.4 Å². The molecular weight excluding hydrogens is 1090 g/mol. The monoisotopic (exact) mass is 1140 g/mol. The van der Waals surface area contributed by atoms with Crippen LogP contribution in [0.3, 0.4) is 0 Å². The maximum Gasteiger partial charge on any atom is 0.573 e. The van der Waals surface area contributed by atoms with E-state index in [1.807, 2.05) is 114 Å². The van der Waals surface area contributed by atoms with Crippen LogP contribution in [0.4, 0.5) is 30.2 Å². The molecule has 5 heterocycles. The van der Waals surface area contributed by atoms with Crippen molar-refractivity contribution in [1.29, 1.82) is 0 Å². The molecule has 0 bridgehead atoms. The van der Waals surface area contributed by atoms with Gasteiger partial charge < -0.3 is 39.1 Å². The predicted octanol–water partition coefficient (Wildman–Crippen LogP) is 15.5. The smallest absolute Gasteiger partial charge is 0.495 e. The standard InChI is InChI=1S/C24H19F3N2O2.C22H20N2O2S.C21H18N4O/c1-16-10-12-17(13-11-16)14-29-15-20(18-6-2-4-8-21(18)29)28-23(30)19-7-3-5-9-22(19)31-24(25,26)27;1-15-7-9-16(10-8-15)11-24-12-19(17-5-3-4-6-20(17)24)23-22(25)18-13-27-14-21(18)26-2;1-15-8-10-16(11-9-15)13-25-14-19(17-5-2-3-7-20(17)25)23-21(26)18-6-4-12-22-24-18/h2-13,15H,14H2,1H3,(H,28,30);3-10,12-14H,11H2,1-2H3,(H,23,25);2-12,14H,13H2,1H3,(H,23,26). The van der Waals surface area contributed by atoms with E-state index in [0.29, 0.717) is 29.2 Å². The Kier molecular flexibility index (Phi) is 17.4. The number of anilines is 3. The third-order valence-corrected chi connectivity index (χ3v) is 14.5. The number of nitrogens with one attached hydrogen (secondary N) is 3. The first kappa shape index (κ1) is 57.0. The number of fused-ring (bicyclic) bond motifs is 3. The minimum Gasteiger partial charge on any atom is -0.495 e. The molecule has 422 valence electrons. The lowest BCUT2D eigenvalue weighted by Crippen LogP contribution is -2.20. The zero-order valence-corrected chi connectivity index (χ0v) is 47.0. The molecule has 12 rings (SSSR count). The van der Waals surface area contributed by atoms with Gasteiger partial charge in [0.15, 0.2) is 5.69 Å². The molecule has 0 spiro atoms. The molecule has 84 heavy (non-hydrogen) atoms. The topological polar surface area (TPSA) is 146 Å². The molecule has 0 aliphatic heterocycles. The molecule has 17 heteroatoms. The summed E-state index contributed by atoms with van der Waals surface area (Å²) >= 11 is 1.45. The van der Waals surface area contributed by atoms with Gasteiger partial charge in [-0.15, -0.1) is 29.6 Å². The van der Waals surface area contributed by atoms with Crippen molar-refractivity contribution >= 4 is 78.8 Å². The molecule has 0 aliphatic carbocycles. The van der Waals surface area contributed by atoms with Crippen LogP contribution in [-0.4, -0.2) is 55.1 Å². The van der Waals surface area contributed by atoms with Crippen LogP contribution in [0.2, 0.25) is 0 Å². The fourth-order valence-corrected chi connectivity index (χ4v) is 10.3. The number of halogens is 3. The summed E-state index contributed by atoms with van der Waals surface area (Å²) in [6.45, 7) is 8.25. The van der Waals surface area contributed by atoms with E-state index in [4.69, 9.17) is 4.74 Å². The molecule has 0 unspecified atom stereocenters. The van der Waals surface area contributed by atoms with E-state index in [2.05, 4.69) is 115 Å². The maximum absolute atomic E-state index is 12.8. The Bertz CT molecular complexity index is 4250. The first-order valence-corrected chi connectivity index (χ1v) is 27.7. The zero-order valence-electron chi connectivity index (χ0n) is 46.2. The maximum atomic E-state index is 12.8. The number of aromatic nitrogens is 5. The van der Waals surface area contributed by atoms with Crippen molar-refractivity contribution in [3.05, 3.63) is 268 Å². The molecule has 0 aliphatic rings. The number of rotatable bonds is 14. The summed E-state index contributed by atoms with van der Waals surface area (Å²) in [6.07, 6.45) is 2.42. The Balaban J connectivity index is 0.000000141. The minimum atomic E-state index is -4.89. The average Bonchev–Trinajstić information content (AvgIpc) is 4.45. The summed E-state index contributed by atoms with van der Waals surface area (Å²) in [5.74, 6) is -1.06. The van der Waals surface area contributed by atoms with E-state index in [9.17, 15) is 27.6 Å². The van der Waals surface area contributed by atoms with Gasteiger partial charge in [-0.1, -0.05) is 156 Å². The van der Waals surface area contributed by atoms with Crippen LogP contribution in [0.1, 0.15) is 64.6 Å². The summed E-state index contributed by atoms with van der Waals surface area (Å²) in [7, 11) is 1.58. The van der Waals surface area contributed by atoms with Gasteiger partial charge in [0.25, 0.3) is 17.7 Å². The summed E-state index contributed by atoms with van der Waals surface area (Å²) in [5, 5.41) is 22.8. The van der Waals surface area contributed by atoms with Crippen LogP contribution in [0.15, 0.2) is 218 Å². The van der Waals surface area contributed by atoms with E-state index in [1.165, 1.54) is 51.8 Å². The molecule has 7 aromatic carbocycles. The van der Waals surface area contributed by atoms with Crippen LogP contribution >= 0.6 is 11.3 Å². The molecule has 0 atom stereocenters. The molecule has 0 saturated carbocycles. The Labute approximate surface area is 486 Å². The summed E-state index contributed by atoms with van der Waals surface area (Å²) in [5.41, 5.74) is 13.0. The Hall–Kier alpha value is -10.3. The number of methoxy groups -OCH3 is 1. The van der Waals surface area contributed by atoms with Crippen molar-refractivity contribution in [2.24, 2.45) is 0 Å². The molecule has 5 aromatic heterocycles. The van der Waals surface area contributed by atoms with Crippen molar-refractivity contribution in [3.63, 3.8) is 0 Å². The number of amides is 3. The molecule has 0 radical (unpaired) electrons. The highest BCUT2D eigenvalue weighted by Gasteiger charge is 2.33. The predicted molar refractivity (Wildman–Crippen MR) is 327 cm³/mol. The van der Waals surface area contributed by atoms with Gasteiger partial charge in [0.2, 0.25) is 0 Å². The van der Waals surface area contributed by atoms with Crippen molar-refractivity contribution in [1.82, 2.24) is 23.9 Å². The van der Waals surface area contributed by atoms with Crippen molar-refractivity contribution in [2.45, 2.75) is 46.8 Å². The summed E-state index contributed by atoms with van der Waals surface area (Å²) < 4.78 is 53.7. The van der Waals surface area contributed by atoms with Gasteiger partial charge in [-0.2, -0.15) is 5.10 Å². The minimum absolute atomic E-state index is 0.161. The van der Waals surface area contributed by atoms with Crippen molar-refractivity contribution in [2.75, 3.05) is 23.1 Å². The number of ether oxygens (including phenoxy) is 2. The summed E-state index contributed by atoms with van der Waals surface area (Å²) in [4.78, 5) is 38.0. The number of para-hydroxylation sites is 4. The normalized spacial score (nSPS) is 11.1. The van der Waals surface area contributed by atoms with Crippen LogP contribution in [-0.2, 0) is 19.6 Å². The Morgan fingerprint density at radius 2 is 0.881 bits per heavy atom. The van der Waals surface area contributed by atoms with E-state index in [1.54, 1.807) is 37.0 Å². The molecule has 0 fully saturated rings. The first-order chi connectivity index (χ1) is 40.7. The van der Waals surface area contributed by atoms with E-state index in [-0.39, 0.29) is 17.4 Å². The van der Waals surface area contributed by atoms with E-state index >= 15 is 0 Å². The van der Waals surface area contributed by atoms with Gasteiger partial charge in [0.05, 0.1) is 51.8 Å². The van der Waals surface area contributed by atoms with Gasteiger partial charge in [-0.05, 0) is 79.9 Å². The number of benzene rings is 7. The third-order valence-electron chi connectivity index (χ3n) is 13.8. The molecule has 13 nitrogen and oxygen atoms in total. The fourth-order valence-electron chi connectivity index (χ4n) is 9.57. The number of carbonyl (C=O) groups excluding carboxylic acids is 3. The highest BCUT2D eigenvalue weighted by Crippen LogP contribution is 2.33. The van der Waals surface area contributed by atoms with Crippen molar-refractivity contribution in [3.8, 4) is 11.5 Å². The number of alkyl halides is 3. The third kappa shape index (κ3) is 13.9. The molecule has 3 amide bonds. The summed E-state index contributed by atoms with van der Waals surface area (Å²) in [6, 6.07) is 57.4. The molecule has 0 saturated heterocycles. The molecule has 12 aromatic rings. The zero-order chi connectivity index (χ0) is 58.7. The van der Waals surface area contributed by atoms with Crippen molar-refractivity contribution < 1.29 is 37.0 Å². The van der Waals surface area contributed by atoms with E-state index in [0.717, 1.165) is 74.4 Å². The SMILES string of the molecule is COc1cscc1C(=O)Nc1cn(Cc2ccc(C)cc2)c2ccccc12.Cc1ccc(Cn2cc(NC(=O)c3ccccc3OC(F)(F)F)c3ccccc32)cc1.Cc1ccc(Cn2cc(NC(=O)c3cccnn3)c3ccccc32)cc1. The lowest BCUT2D eigenvalue weighted by Gasteiger charge is -2.12. The lowest BCUT2D eigenvalue weighted by atomic mass is 10.1. The Morgan fingerprint density at radius 3 is 1.30 bits per heavy atom. The first-order valence-electron chi connectivity index (χ1n) is 26.7. The quantitative estimate of drug-likeness (QED) is 0.0982. The second-order valence-electron chi connectivity index (χ2n) is 19.9.